The van der Waals surface area contributed by atoms with Crippen LogP contribution in [0.1, 0.15) is 24.0 Å². The summed E-state index contributed by atoms with van der Waals surface area (Å²) in [5.74, 6) is -2.21. The molecule has 0 bridgehead atoms. The number of amides is 2. The molecular weight excluding hydrogens is 376 g/mol. The van der Waals surface area contributed by atoms with Crippen molar-refractivity contribution in [2.24, 2.45) is 0 Å². The standard InChI is InChI=1S/C21H22N2O6/c1-12(19(25)23-18(10-24)20(26)27)22-21(28)29-11-17-15-8-4-2-6-13(15)14-7-3-5-9-16(14)17/h2-9,12,17-18,24H,10-11H2,1H3,(H,22,28)(H,23,25)(H,26,27)/t12-,18+/m0/s1. The average molecular weight is 398 g/mol. The molecule has 0 saturated carbocycles. The highest BCUT2D eigenvalue weighted by atomic mass is 16.5. The smallest absolute Gasteiger partial charge is 0.407 e. The van der Waals surface area contributed by atoms with Gasteiger partial charge < -0.3 is 25.6 Å². The predicted octanol–water partition coefficient (Wildman–Crippen LogP) is 1.48. The number of aliphatic hydroxyl groups excluding tert-OH is 1. The first-order valence-corrected chi connectivity index (χ1v) is 9.18. The second-order valence-electron chi connectivity index (χ2n) is 6.77. The summed E-state index contributed by atoms with van der Waals surface area (Å²) < 4.78 is 5.34. The zero-order valence-corrected chi connectivity index (χ0v) is 15.8. The predicted molar refractivity (Wildman–Crippen MR) is 104 cm³/mol. The molecule has 4 N–H and O–H groups in total. The summed E-state index contributed by atoms with van der Waals surface area (Å²) in [5.41, 5.74) is 4.35. The summed E-state index contributed by atoms with van der Waals surface area (Å²) in [6, 6.07) is 13.4. The molecule has 0 radical (unpaired) electrons. The van der Waals surface area contributed by atoms with E-state index < -0.39 is 36.7 Å². The van der Waals surface area contributed by atoms with Gasteiger partial charge in [0.15, 0.2) is 0 Å². The molecule has 2 atom stereocenters. The summed E-state index contributed by atoms with van der Waals surface area (Å²) in [5, 5.41) is 22.3. The molecule has 8 nitrogen and oxygen atoms in total. The lowest BCUT2D eigenvalue weighted by molar-refractivity contribution is -0.143. The molecule has 0 spiro atoms. The van der Waals surface area contributed by atoms with Crippen LogP contribution in [0.3, 0.4) is 0 Å². The summed E-state index contributed by atoms with van der Waals surface area (Å²) in [4.78, 5) is 35.0. The van der Waals surface area contributed by atoms with Crippen LogP contribution in [0.25, 0.3) is 11.1 Å². The molecular formula is C21H22N2O6. The molecule has 2 aromatic rings. The summed E-state index contributed by atoms with van der Waals surface area (Å²) in [6.45, 7) is 0.744. The number of carboxylic acid groups (broad SMARTS) is 1. The molecule has 0 fully saturated rings. The lowest BCUT2D eigenvalue weighted by atomic mass is 9.98. The number of carbonyl (C=O) groups excluding carboxylic acids is 2. The monoisotopic (exact) mass is 398 g/mol. The van der Waals surface area contributed by atoms with E-state index in [9.17, 15) is 14.4 Å². The van der Waals surface area contributed by atoms with Crippen LogP contribution in [0.5, 0.6) is 0 Å². The molecule has 2 aromatic carbocycles. The summed E-state index contributed by atoms with van der Waals surface area (Å²) in [7, 11) is 0. The van der Waals surface area contributed by atoms with Crippen molar-refractivity contribution >= 4 is 18.0 Å². The van der Waals surface area contributed by atoms with E-state index in [-0.39, 0.29) is 12.5 Å². The third-order valence-electron chi connectivity index (χ3n) is 4.87. The van der Waals surface area contributed by atoms with Crippen molar-refractivity contribution in [1.29, 1.82) is 0 Å². The Hall–Kier alpha value is -3.39. The van der Waals surface area contributed by atoms with E-state index >= 15 is 0 Å². The first kappa shape index (κ1) is 20.3. The molecule has 2 amide bonds. The highest BCUT2D eigenvalue weighted by Crippen LogP contribution is 2.44. The Labute approximate surface area is 167 Å². The van der Waals surface area contributed by atoms with Gasteiger partial charge in [-0.1, -0.05) is 48.5 Å². The van der Waals surface area contributed by atoms with Gasteiger partial charge in [-0.25, -0.2) is 9.59 Å². The minimum Gasteiger partial charge on any atom is -0.480 e. The van der Waals surface area contributed by atoms with Gasteiger partial charge in [0.1, 0.15) is 18.7 Å². The van der Waals surface area contributed by atoms with E-state index in [1.54, 1.807) is 0 Å². The fraction of sp³-hybridized carbons (Fsp3) is 0.286. The Morgan fingerprint density at radius 2 is 1.55 bits per heavy atom. The van der Waals surface area contributed by atoms with Crippen LogP contribution >= 0.6 is 0 Å². The van der Waals surface area contributed by atoms with E-state index in [2.05, 4.69) is 10.6 Å². The van der Waals surface area contributed by atoms with Crippen LogP contribution in [0.4, 0.5) is 4.79 Å². The van der Waals surface area contributed by atoms with Crippen LogP contribution in [-0.4, -0.2) is 53.5 Å². The van der Waals surface area contributed by atoms with Crippen molar-refractivity contribution in [1.82, 2.24) is 10.6 Å². The van der Waals surface area contributed by atoms with Gasteiger partial charge >= 0.3 is 12.1 Å². The maximum Gasteiger partial charge on any atom is 0.407 e. The van der Waals surface area contributed by atoms with E-state index in [1.807, 2.05) is 48.5 Å². The fourth-order valence-corrected chi connectivity index (χ4v) is 3.36. The lowest BCUT2D eigenvalue weighted by Crippen LogP contribution is -2.51. The van der Waals surface area contributed by atoms with Crippen LogP contribution in [-0.2, 0) is 14.3 Å². The molecule has 29 heavy (non-hydrogen) atoms. The first-order chi connectivity index (χ1) is 13.9. The lowest BCUT2D eigenvalue weighted by Gasteiger charge is -2.18. The van der Waals surface area contributed by atoms with Crippen molar-refractivity contribution in [3.63, 3.8) is 0 Å². The third kappa shape index (κ3) is 4.38. The zero-order chi connectivity index (χ0) is 21.0. The number of hydrogen-bond acceptors (Lipinski definition) is 5. The second kappa shape index (κ2) is 8.74. The van der Waals surface area contributed by atoms with E-state index in [0.717, 1.165) is 22.3 Å². The van der Waals surface area contributed by atoms with Gasteiger partial charge in [-0.3, -0.25) is 4.79 Å². The molecule has 8 heteroatoms. The number of aliphatic hydroxyl groups is 1. The quantitative estimate of drug-likeness (QED) is 0.560. The highest BCUT2D eigenvalue weighted by Gasteiger charge is 2.29. The summed E-state index contributed by atoms with van der Waals surface area (Å²) in [6.07, 6.45) is -0.787. The van der Waals surface area contributed by atoms with Crippen molar-refractivity contribution in [3.8, 4) is 11.1 Å². The van der Waals surface area contributed by atoms with E-state index in [0.29, 0.717) is 0 Å². The Kier molecular flexibility index (Phi) is 6.13. The van der Waals surface area contributed by atoms with Crippen molar-refractivity contribution in [2.75, 3.05) is 13.2 Å². The fourth-order valence-electron chi connectivity index (χ4n) is 3.36. The topological polar surface area (TPSA) is 125 Å². The SMILES string of the molecule is C[C@H](NC(=O)OCC1c2ccccc2-c2ccccc21)C(=O)N[C@H](CO)C(=O)O. The molecule has 0 saturated heterocycles. The molecule has 1 aliphatic rings. The number of hydrogen-bond donors (Lipinski definition) is 4. The Balaban J connectivity index is 1.60. The number of carboxylic acids is 1. The largest absolute Gasteiger partial charge is 0.480 e. The average Bonchev–Trinajstić information content (AvgIpc) is 3.03. The van der Waals surface area contributed by atoms with E-state index in [4.69, 9.17) is 14.9 Å². The molecule has 0 aromatic heterocycles. The number of ether oxygens (including phenoxy) is 1. The molecule has 0 unspecified atom stereocenters. The van der Waals surface area contributed by atoms with Gasteiger partial charge in [-0.15, -0.1) is 0 Å². The molecule has 3 rings (SSSR count). The highest BCUT2D eigenvalue weighted by molar-refractivity contribution is 5.89. The minimum atomic E-state index is -1.44. The maximum absolute atomic E-state index is 12.1. The number of fused-ring (bicyclic) bond motifs is 3. The van der Waals surface area contributed by atoms with Gasteiger partial charge in [-0.05, 0) is 29.2 Å². The van der Waals surface area contributed by atoms with Crippen molar-refractivity contribution in [3.05, 3.63) is 59.7 Å². The first-order valence-electron chi connectivity index (χ1n) is 9.18. The minimum absolute atomic E-state index is 0.0998. The number of alkyl carbamates (subject to hydrolysis) is 1. The second-order valence-corrected chi connectivity index (χ2v) is 6.77. The Morgan fingerprint density at radius 3 is 2.07 bits per heavy atom. The number of nitrogens with one attached hydrogen (secondary N) is 2. The number of rotatable bonds is 7. The normalized spacial score (nSPS) is 14.3. The van der Waals surface area contributed by atoms with Crippen LogP contribution in [0.2, 0.25) is 0 Å². The van der Waals surface area contributed by atoms with E-state index in [1.165, 1.54) is 6.92 Å². The van der Waals surface area contributed by atoms with Gasteiger partial charge in [0.25, 0.3) is 0 Å². The Morgan fingerprint density at radius 1 is 1.00 bits per heavy atom. The zero-order valence-electron chi connectivity index (χ0n) is 15.8. The molecule has 0 aliphatic heterocycles. The summed E-state index contributed by atoms with van der Waals surface area (Å²) >= 11 is 0. The molecule has 0 heterocycles. The van der Waals surface area contributed by atoms with Gasteiger partial charge in [0, 0.05) is 5.92 Å². The third-order valence-corrected chi connectivity index (χ3v) is 4.87. The number of benzene rings is 2. The molecule has 1 aliphatic carbocycles. The van der Waals surface area contributed by atoms with Crippen LogP contribution in [0, 0.1) is 0 Å². The van der Waals surface area contributed by atoms with Crippen LogP contribution < -0.4 is 10.6 Å². The van der Waals surface area contributed by atoms with Gasteiger partial charge in [0.05, 0.1) is 6.61 Å². The number of aliphatic carboxylic acids is 1. The maximum atomic E-state index is 12.1. The van der Waals surface area contributed by atoms with Crippen LogP contribution in [0.15, 0.2) is 48.5 Å². The molecule has 152 valence electrons. The van der Waals surface area contributed by atoms with Gasteiger partial charge in [0.2, 0.25) is 5.91 Å². The Bertz CT molecular complexity index is 883. The van der Waals surface area contributed by atoms with Gasteiger partial charge in [-0.2, -0.15) is 0 Å². The van der Waals surface area contributed by atoms with Crippen molar-refractivity contribution in [2.45, 2.75) is 24.9 Å². The van der Waals surface area contributed by atoms with Crippen molar-refractivity contribution < 1.29 is 29.3 Å². The number of carbonyl (C=O) groups is 3.